The Labute approximate surface area is 236 Å². The van der Waals surface area contributed by atoms with Gasteiger partial charge in [0, 0.05) is 31.0 Å². The normalized spacial score (nSPS) is 13.4. The van der Waals surface area contributed by atoms with Crippen LogP contribution in [0.1, 0.15) is 43.4 Å². The number of carboxylic acids is 1. The fourth-order valence-corrected chi connectivity index (χ4v) is 5.32. The lowest BCUT2D eigenvalue weighted by Crippen LogP contribution is -2.44. The second-order valence-electron chi connectivity index (χ2n) is 11.1. The Morgan fingerprint density at radius 3 is 2.20 bits per heavy atom. The number of carbonyl (C=O) groups is 3. The van der Waals surface area contributed by atoms with Crippen molar-refractivity contribution in [1.82, 2.24) is 9.47 Å². The minimum absolute atomic E-state index is 0.0424. The number of likely N-dealkylation sites (N-methyl/N-ethyl adjacent to an activating group) is 1. The first-order chi connectivity index (χ1) is 19.4. The van der Waals surface area contributed by atoms with E-state index < -0.39 is 35.6 Å². The van der Waals surface area contributed by atoms with E-state index in [9.17, 15) is 23.9 Å². The monoisotopic (exact) mass is 558 g/mol. The van der Waals surface area contributed by atoms with E-state index in [-0.39, 0.29) is 24.5 Å². The SMILES string of the molecule is CN(C(=O)OCC1c2ccccc2-c2ccccc21)[C@@H](Cc1cn(C(=O)OC(C)(C)C)c2cc(F)ccc12)C(=O)O. The van der Waals surface area contributed by atoms with Gasteiger partial charge in [-0.3, -0.25) is 9.47 Å². The summed E-state index contributed by atoms with van der Waals surface area (Å²) in [5.74, 6) is -1.98. The van der Waals surface area contributed by atoms with E-state index in [4.69, 9.17) is 9.47 Å². The molecule has 0 saturated heterocycles. The van der Waals surface area contributed by atoms with Crippen LogP contribution in [0.2, 0.25) is 0 Å². The smallest absolute Gasteiger partial charge is 0.419 e. The molecule has 0 fully saturated rings. The number of rotatable bonds is 6. The summed E-state index contributed by atoms with van der Waals surface area (Å²) >= 11 is 0. The number of carbonyl (C=O) groups excluding carboxylic acids is 2. The highest BCUT2D eigenvalue weighted by Gasteiger charge is 2.33. The van der Waals surface area contributed by atoms with Crippen LogP contribution in [0.15, 0.2) is 72.9 Å². The quantitative estimate of drug-likeness (QED) is 0.293. The Balaban J connectivity index is 1.37. The zero-order chi connectivity index (χ0) is 29.5. The molecule has 3 aromatic carbocycles. The molecule has 1 N–H and O–H groups in total. The number of hydrogen-bond acceptors (Lipinski definition) is 5. The molecule has 1 aliphatic rings. The third kappa shape index (κ3) is 5.52. The highest BCUT2D eigenvalue weighted by Crippen LogP contribution is 2.44. The summed E-state index contributed by atoms with van der Waals surface area (Å²) in [7, 11) is 1.37. The molecule has 0 radical (unpaired) electrons. The van der Waals surface area contributed by atoms with Crippen LogP contribution in [0.3, 0.4) is 0 Å². The molecule has 1 heterocycles. The average Bonchev–Trinajstić information content (AvgIpc) is 3.44. The molecule has 0 aliphatic heterocycles. The van der Waals surface area contributed by atoms with Crippen molar-refractivity contribution in [3.63, 3.8) is 0 Å². The van der Waals surface area contributed by atoms with Gasteiger partial charge < -0.3 is 14.6 Å². The average molecular weight is 559 g/mol. The molecule has 212 valence electrons. The molecule has 0 unspecified atom stereocenters. The van der Waals surface area contributed by atoms with Crippen molar-refractivity contribution in [2.75, 3.05) is 13.7 Å². The van der Waals surface area contributed by atoms with Gasteiger partial charge >= 0.3 is 18.2 Å². The maximum Gasteiger partial charge on any atom is 0.419 e. The van der Waals surface area contributed by atoms with Crippen LogP contribution < -0.4 is 0 Å². The second-order valence-corrected chi connectivity index (χ2v) is 11.1. The van der Waals surface area contributed by atoms with E-state index in [1.807, 2.05) is 48.5 Å². The molecule has 1 aromatic heterocycles. The number of benzene rings is 3. The molecule has 0 spiro atoms. The maximum atomic E-state index is 14.1. The minimum Gasteiger partial charge on any atom is -0.480 e. The van der Waals surface area contributed by atoms with Crippen LogP contribution in [-0.4, -0.2) is 58.0 Å². The van der Waals surface area contributed by atoms with Gasteiger partial charge in [0.15, 0.2) is 0 Å². The van der Waals surface area contributed by atoms with Gasteiger partial charge in [0.1, 0.15) is 24.1 Å². The van der Waals surface area contributed by atoms with Crippen LogP contribution in [-0.2, 0) is 20.7 Å². The van der Waals surface area contributed by atoms with E-state index in [0.29, 0.717) is 10.9 Å². The molecular formula is C32H31FN2O6. The summed E-state index contributed by atoms with van der Waals surface area (Å²) in [6, 6.07) is 18.4. The lowest BCUT2D eigenvalue weighted by Gasteiger charge is -2.25. The molecule has 8 nitrogen and oxygen atoms in total. The summed E-state index contributed by atoms with van der Waals surface area (Å²) in [6.07, 6.45) is -0.231. The number of fused-ring (bicyclic) bond motifs is 4. The Morgan fingerprint density at radius 1 is 1.00 bits per heavy atom. The van der Waals surface area contributed by atoms with Crippen LogP contribution in [0, 0.1) is 5.82 Å². The number of aromatic nitrogens is 1. The number of ether oxygens (including phenoxy) is 2. The topological polar surface area (TPSA) is 98.1 Å². The number of aliphatic carboxylic acids is 1. The number of amides is 1. The zero-order valence-electron chi connectivity index (χ0n) is 23.3. The number of carboxylic acid groups (broad SMARTS) is 1. The van der Waals surface area contributed by atoms with E-state index in [1.165, 1.54) is 31.4 Å². The molecular weight excluding hydrogens is 527 g/mol. The highest BCUT2D eigenvalue weighted by molar-refractivity contribution is 5.93. The number of hydrogen-bond donors (Lipinski definition) is 1. The summed E-state index contributed by atoms with van der Waals surface area (Å²) in [5, 5.41) is 10.5. The Bertz CT molecular complexity index is 1610. The largest absolute Gasteiger partial charge is 0.480 e. The molecule has 0 bridgehead atoms. The van der Waals surface area contributed by atoms with Gasteiger partial charge in [0.2, 0.25) is 0 Å². The van der Waals surface area contributed by atoms with Gasteiger partial charge in [-0.1, -0.05) is 48.5 Å². The fraction of sp³-hybridized carbons (Fsp3) is 0.281. The highest BCUT2D eigenvalue weighted by atomic mass is 19.1. The Kier molecular flexibility index (Phi) is 7.29. The summed E-state index contributed by atoms with van der Waals surface area (Å²) in [5.41, 5.74) is 4.13. The summed E-state index contributed by atoms with van der Waals surface area (Å²) in [4.78, 5) is 39.4. The molecule has 1 aliphatic carbocycles. The van der Waals surface area contributed by atoms with Crippen LogP contribution >= 0.6 is 0 Å². The molecule has 41 heavy (non-hydrogen) atoms. The lowest BCUT2D eigenvalue weighted by atomic mass is 9.98. The van der Waals surface area contributed by atoms with Gasteiger partial charge in [-0.2, -0.15) is 0 Å². The molecule has 9 heteroatoms. The molecule has 5 rings (SSSR count). The molecule has 1 atom stereocenters. The van der Waals surface area contributed by atoms with Crippen LogP contribution in [0.5, 0.6) is 0 Å². The van der Waals surface area contributed by atoms with Crippen molar-refractivity contribution in [1.29, 1.82) is 0 Å². The predicted octanol–water partition coefficient (Wildman–Crippen LogP) is 6.44. The maximum absolute atomic E-state index is 14.1. The van der Waals surface area contributed by atoms with Crippen molar-refractivity contribution in [3.8, 4) is 11.1 Å². The van der Waals surface area contributed by atoms with Crippen molar-refractivity contribution in [2.45, 2.75) is 44.8 Å². The first-order valence-corrected chi connectivity index (χ1v) is 13.3. The van der Waals surface area contributed by atoms with Crippen molar-refractivity contribution in [2.24, 2.45) is 0 Å². The third-order valence-electron chi connectivity index (χ3n) is 7.23. The zero-order valence-corrected chi connectivity index (χ0v) is 23.3. The van der Waals surface area contributed by atoms with E-state index in [0.717, 1.165) is 31.7 Å². The van der Waals surface area contributed by atoms with Crippen LogP contribution in [0.4, 0.5) is 14.0 Å². The van der Waals surface area contributed by atoms with Gasteiger partial charge in [-0.15, -0.1) is 0 Å². The number of halogens is 1. The van der Waals surface area contributed by atoms with Crippen molar-refractivity contribution in [3.05, 3.63) is 95.4 Å². The van der Waals surface area contributed by atoms with E-state index >= 15 is 0 Å². The van der Waals surface area contributed by atoms with Gasteiger partial charge in [0.25, 0.3) is 0 Å². The molecule has 4 aromatic rings. The Morgan fingerprint density at radius 2 is 1.61 bits per heavy atom. The first kappa shape index (κ1) is 27.9. The minimum atomic E-state index is -1.31. The molecule has 0 saturated carbocycles. The van der Waals surface area contributed by atoms with Crippen molar-refractivity contribution < 1.29 is 33.4 Å². The van der Waals surface area contributed by atoms with E-state index in [1.54, 1.807) is 20.8 Å². The van der Waals surface area contributed by atoms with E-state index in [2.05, 4.69) is 0 Å². The summed E-state index contributed by atoms with van der Waals surface area (Å²) in [6.45, 7) is 5.17. The molecule has 1 amide bonds. The van der Waals surface area contributed by atoms with Crippen LogP contribution in [0.25, 0.3) is 22.0 Å². The fourth-order valence-electron chi connectivity index (χ4n) is 5.32. The van der Waals surface area contributed by atoms with Gasteiger partial charge in [-0.05, 0) is 66.8 Å². The Hall–Kier alpha value is -4.66. The van der Waals surface area contributed by atoms with Gasteiger partial charge in [0.05, 0.1) is 5.52 Å². The standard InChI is InChI=1S/C32H31FN2O6/c1-32(2,3)41-31(39)35-17-19(21-14-13-20(33)16-27(21)35)15-28(29(36)37)34(4)30(38)40-18-26-24-11-7-5-9-22(24)23-10-6-8-12-25(23)26/h5-14,16-17,26,28H,15,18H2,1-4H3,(H,36,37)/t28-/m0/s1. The summed E-state index contributed by atoms with van der Waals surface area (Å²) < 4.78 is 26.4. The first-order valence-electron chi connectivity index (χ1n) is 13.3. The van der Waals surface area contributed by atoms with Gasteiger partial charge in [-0.25, -0.2) is 18.8 Å². The third-order valence-corrected chi connectivity index (χ3v) is 7.23. The number of nitrogens with zero attached hydrogens (tertiary/aromatic N) is 2. The predicted molar refractivity (Wildman–Crippen MR) is 151 cm³/mol. The second kappa shape index (κ2) is 10.7. The van der Waals surface area contributed by atoms with Crippen molar-refractivity contribution >= 4 is 29.1 Å². The lowest BCUT2D eigenvalue weighted by molar-refractivity contribution is -0.142.